The van der Waals surface area contributed by atoms with E-state index in [2.05, 4.69) is 33.3 Å². The Morgan fingerprint density at radius 3 is 2.53 bits per heavy atom. The predicted octanol–water partition coefficient (Wildman–Crippen LogP) is 3.80. The summed E-state index contributed by atoms with van der Waals surface area (Å²) in [5.74, 6) is 1.96. The van der Waals surface area contributed by atoms with E-state index in [9.17, 15) is 4.79 Å². The molecule has 4 rings (SSSR count). The fraction of sp³-hybridized carbons (Fsp3) is 0.500. The maximum Gasteiger partial charge on any atom is 0.220 e. The Morgan fingerprint density at radius 2 is 1.75 bits per heavy atom. The summed E-state index contributed by atoms with van der Waals surface area (Å²) in [4.78, 5) is 17.5. The lowest BCUT2D eigenvalue weighted by atomic mass is 9.87. The number of hydrogen-bond acceptors (Lipinski definition) is 5. The van der Waals surface area contributed by atoms with Crippen LogP contribution in [-0.2, 0) is 11.2 Å². The highest BCUT2D eigenvalue weighted by molar-refractivity contribution is 5.76. The molecule has 2 aromatic carbocycles. The Labute approximate surface area is 191 Å². The molecule has 172 valence electrons. The monoisotopic (exact) mass is 437 g/mol. The van der Waals surface area contributed by atoms with Gasteiger partial charge in [-0.15, -0.1) is 0 Å². The van der Waals surface area contributed by atoms with E-state index in [1.54, 1.807) is 14.2 Å². The Bertz CT molecular complexity index is 895. The van der Waals surface area contributed by atoms with E-state index in [4.69, 9.17) is 9.47 Å². The molecule has 2 aliphatic rings. The second kappa shape index (κ2) is 10.7. The lowest BCUT2D eigenvalue weighted by molar-refractivity contribution is -0.122. The predicted molar refractivity (Wildman–Crippen MR) is 128 cm³/mol. The average Bonchev–Trinajstić information content (AvgIpc) is 2.84. The molecule has 0 aromatic heterocycles. The van der Waals surface area contributed by atoms with Gasteiger partial charge in [-0.2, -0.15) is 0 Å². The Kier molecular flexibility index (Phi) is 7.53. The topological polar surface area (TPSA) is 54.0 Å². The van der Waals surface area contributed by atoms with Gasteiger partial charge in [-0.1, -0.05) is 24.3 Å². The minimum atomic E-state index is 0.0618. The van der Waals surface area contributed by atoms with E-state index in [0.29, 0.717) is 6.42 Å². The standard InChI is InChI=1S/C26H35N3O3/c1-31-23-12-4-3-11-22(23)29-18-16-28(17-19-29)15-7-14-25(30)27-21-10-5-8-20-9-6-13-24(32-2)26(20)21/h3-4,6,9,11-13,21H,5,7-8,10,14-19H2,1-2H3,(H,27,30). The maximum absolute atomic E-state index is 12.7. The highest BCUT2D eigenvalue weighted by atomic mass is 16.5. The molecule has 1 amide bonds. The van der Waals surface area contributed by atoms with Gasteiger partial charge in [-0.05, 0) is 56.0 Å². The summed E-state index contributed by atoms with van der Waals surface area (Å²) >= 11 is 0. The number of aryl methyl sites for hydroxylation is 1. The van der Waals surface area contributed by atoms with Crippen LogP contribution in [0, 0.1) is 0 Å². The maximum atomic E-state index is 12.7. The number of hydrogen-bond donors (Lipinski definition) is 1. The van der Waals surface area contributed by atoms with Crippen LogP contribution in [0.2, 0.25) is 0 Å². The fourth-order valence-corrected chi connectivity index (χ4v) is 5.00. The smallest absolute Gasteiger partial charge is 0.220 e. The fourth-order valence-electron chi connectivity index (χ4n) is 5.00. The number of piperazine rings is 1. The van der Waals surface area contributed by atoms with Crippen LogP contribution in [0.25, 0.3) is 0 Å². The molecule has 1 fully saturated rings. The third-order valence-electron chi connectivity index (χ3n) is 6.68. The van der Waals surface area contributed by atoms with Crippen LogP contribution in [0.4, 0.5) is 5.69 Å². The first-order chi connectivity index (χ1) is 15.7. The highest BCUT2D eigenvalue weighted by Crippen LogP contribution is 2.36. The number of ether oxygens (including phenoxy) is 2. The summed E-state index contributed by atoms with van der Waals surface area (Å²) in [6, 6.07) is 14.4. The summed E-state index contributed by atoms with van der Waals surface area (Å²) in [6.45, 7) is 4.92. The zero-order valence-electron chi connectivity index (χ0n) is 19.3. The van der Waals surface area contributed by atoms with Gasteiger partial charge in [-0.25, -0.2) is 0 Å². The number of nitrogens with zero attached hydrogens (tertiary/aromatic N) is 2. The molecule has 6 nitrogen and oxygen atoms in total. The molecule has 32 heavy (non-hydrogen) atoms. The zero-order chi connectivity index (χ0) is 22.3. The molecule has 0 bridgehead atoms. The van der Waals surface area contributed by atoms with Crippen molar-refractivity contribution in [2.45, 2.75) is 38.1 Å². The molecule has 1 atom stereocenters. The van der Waals surface area contributed by atoms with Gasteiger partial charge in [0, 0.05) is 38.2 Å². The van der Waals surface area contributed by atoms with Gasteiger partial charge < -0.3 is 19.7 Å². The van der Waals surface area contributed by atoms with Crippen molar-refractivity contribution in [1.82, 2.24) is 10.2 Å². The van der Waals surface area contributed by atoms with Crippen molar-refractivity contribution in [3.63, 3.8) is 0 Å². The zero-order valence-corrected chi connectivity index (χ0v) is 19.3. The van der Waals surface area contributed by atoms with Crippen LogP contribution in [-0.4, -0.2) is 57.8 Å². The van der Waals surface area contributed by atoms with E-state index >= 15 is 0 Å². The van der Waals surface area contributed by atoms with Gasteiger partial charge >= 0.3 is 0 Å². The Hall–Kier alpha value is -2.73. The number of carbonyl (C=O) groups excluding carboxylic acids is 1. The van der Waals surface area contributed by atoms with Crippen molar-refractivity contribution in [1.29, 1.82) is 0 Å². The molecule has 1 saturated heterocycles. The van der Waals surface area contributed by atoms with Gasteiger partial charge in [0.05, 0.1) is 25.9 Å². The van der Waals surface area contributed by atoms with Crippen LogP contribution in [0.15, 0.2) is 42.5 Å². The molecule has 0 saturated carbocycles. The van der Waals surface area contributed by atoms with Gasteiger partial charge in [0.15, 0.2) is 0 Å². The number of anilines is 1. The molecule has 1 aliphatic carbocycles. The molecule has 1 aliphatic heterocycles. The van der Waals surface area contributed by atoms with Gasteiger partial charge in [-0.3, -0.25) is 9.69 Å². The third kappa shape index (κ3) is 5.18. The molecule has 1 N–H and O–H groups in total. The first kappa shape index (κ1) is 22.5. The van der Waals surface area contributed by atoms with E-state index in [0.717, 1.165) is 75.6 Å². The first-order valence-corrected chi connectivity index (χ1v) is 11.7. The second-order valence-corrected chi connectivity index (χ2v) is 8.65. The molecule has 1 heterocycles. The number of benzene rings is 2. The largest absolute Gasteiger partial charge is 0.496 e. The molecule has 0 radical (unpaired) electrons. The summed E-state index contributed by atoms with van der Waals surface area (Å²) in [5, 5.41) is 3.27. The lowest BCUT2D eigenvalue weighted by Gasteiger charge is -2.36. The summed E-state index contributed by atoms with van der Waals surface area (Å²) in [5.41, 5.74) is 3.63. The number of fused-ring (bicyclic) bond motifs is 1. The number of para-hydroxylation sites is 2. The van der Waals surface area contributed by atoms with Crippen LogP contribution in [0.5, 0.6) is 11.5 Å². The van der Waals surface area contributed by atoms with Crippen molar-refractivity contribution < 1.29 is 14.3 Å². The van der Waals surface area contributed by atoms with Gasteiger partial charge in [0.1, 0.15) is 11.5 Å². The quantitative estimate of drug-likeness (QED) is 0.681. The van der Waals surface area contributed by atoms with E-state index < -0.39 is 0 Å². The average molecular weight is 438 g/mol. The number of methoxy groups -OCH3 is 2. The van der Waals surface area contributed by atoms with Crippen molar-refractivity contribution in [3.8, 4) is 11.5 Å². The SMILES string of the molecule is COc1ccccc1N1CCN(CCCC(=O)NC2CCCc3cccc(OC)c32)CC1. The highest BCUT2D eigenvalue weighted by Gasteiger charge is 2.25. The van der Waals surface area contributed by atoms with Crippen molar-refractivity contribution >= 4 is 11.6 Å². The molecular weight excluding hydrogens is 402 g/mol. The van der Waals surface area contributed by atoms with Crippen LogP contribution < -0.4 is 19.7 Å². The molecule has 0 spiro atoms. The van der Waals surface area contributed by atoms with E-state index in [1.807, 2.05) is 24.3 Å². The van der Waals surface area contributed by atoms with Crippen molar-refractivity contribution in [2.75, 3.05) is 51.8 Å². The number of amides is 1. The molecule has 2 aromatic rings. The van der Waals surface area contributed by atoms with Gasteiger partial charge in [0.25, 0.3) is 0 Å². The number of nitrogens with one attached hydrogen (secondary N) is 1. The van der Waals surface area contributed by atoms with Crippen LogP contribution in [0.1, 0.15) is 42.9 Å². The summed E-state index contributed by atoms with van der Waals surface area (Å²) in [7, 11) is 3.43. The van der Waals surface area contributed by atoms with Crippen LogP contribution >= 0.6 is 0 Å². The Balaban J connectivity index is 1.22. The van der Waals surface area contributed by atoms with E-state index in [-0.39, 0.29) is 11.9 Å². The minimum absolute atomic E-state index is 0.0618. The molecular formula is C26H35N3O3. The van der Waals surface area contributed by atoms with Crippen molar-refractivity contribution in [3.05, 3.63) is 53.6 Å². The number of carbonyl (C=O) groups is 1. The Morgan fingerprint density at radius 1 is 1.00 bits per heavy atom. The van der Waals surface area contributed by atoms with Gasteiger partial charge in [0.2, 0.25) is 5.91 Å². The lowest BCUT2D eigenvalue weighted by Crippen LogP contribution is -2.46. The normalized spacial score (nSPS) is 18.7. The first-order valence-electron chi connectivity index (χ1n) is 11.7. The van der Waals surface area contributed by atoms with Crippen LogP contribution in [0.3, 0.4) is 0 Å². The molecule has 6 heteroatoms. The molecule has 1 unspecified atom stereocenters. The summed E-state index contributed by atoms with van der Waals surface area (Å²) in [6.07, 6.45) is 4.57. The summed E-state index contributed by atoms with van der Waals surface area (Å²) < 4.78 is 11.1. The second-order valence-electron chi connectivity index (χ2n) is 8.65. The third-order valence-corrected chi connectivity index (χ3v) is 6.68. The van der Waals surface area contributed by atoms with Crippen molar-refractivity contribution in [2.24, 2.45) is 0 Å². The number of rotatable bonds is 8. The minimum Gasteiger partial charge on any atom is -0.496 e. The van der Waals surface area contributed by atoms with E-state index in [1.165, 1.54) is 11.1 Å².